The summed E-state index contributed by atoms with van der Waals surface area (Å²) in [5.74, 6) is 0.202. The molecule has 24 heavy (non-hydrogen) atoms. The quantitative estimate of drug-likeness (QED) is 0.324. The molecule has 0 bridgehead atoms. The third kappa shape index (κ3) is 1.32. The van der Waals surface area contributed by atoms with Gasteiger partial charge in [0.2, 0.25) is 0 Å². The maximum Gasteiger partial charge on any atom is 0.165 e. The van der Waals surface area contributed by atoms with Crippen LogP contribution in [0.3, 0.4) is 0 Å². The van der Waals surface area contributed by atoms with Gasteiger partial charge in [0.1, 0.15) is 11.0 Å². The first-order valence-corrected chi connectivity index (χ1v) is 8.17. The van der Waals surface area contributed by atoms with E-state index in [1.54, 1.807) is 0 Å². The molecule has 1 aliphatic rings. The number of nitrogens with zero attached hydrogens (tertiary/aromatic N) is 4. The minimum atomic E-state index is 0.202. The maximum atomic E-state index is 12.7. The number of carbonyl (C=O) groups excluding carboxylic acids is 1. The van der Waals surface area contributed by atoms with Crippen LogP contribution in [0.25, 0.3) is 38.2 Å². The third-order valence-electron chi connectivity index (χ3n) is 5.13. The SMILES string of the molecule is O=C1CCCc2nc3ccc4nnn5c6ccccc6c(c21)c3c45. The Morgan fingerprint density at radius 2 is 1.83 bits per heavy atom. The fourth-order valence-electron chi connectivity index (χ4n) is 4.14. The molecule has 3 aromatic heterocycles. The molecular formula is C19H12N4O. The van der Waals surface area contributed by atoms with Crippen molar-refractivity contribution in [3.63, 3.8) is 0 Å². The second-order valence-electron chi connectivity index (χ2n) is 6.43. The summed E-state index contributed by atoms with van der Waals surface area (Å²) in [5.41, 5.74) is 5.43. The topological polar surface area (TPSA) is 60.2 Å². The standard InChI is InChI=1S/C19H12N4O/c24-15-7-3-5-11-17(15)16-10-4-1-2-6-14(10)23-19-13(21-22-23)9-8-12(20-11)18(16)19/h1-2,4,6,8-9H,3,5,7H2. The number of aryl methyl sites for hydroxylation is 1. The van der Waals surface area contributed by atoms with Gasteiger partial charge in [0.25, 0.3) is 0 Å². The van der Waals surface area contributed by atoms with E-state index in [2.05, 4.69) is 16.4 Å². The Morgan fingerprint density at radius 3 is 2.79 bits per heavy atom. The summed E-state index contributed by atoms with van der Waals surface area (Å²) in [7, 11) is 0. The van der Waals surface area contributed by atoms with Gasteiger partial charge in [-0.05, 0) is 31.0 Å². The van der Waals surface area contributed by atoms with Crippen LogP contribution < -0.4 is 0 Å². The van der Waals surface area contributed by atoms with Gasteiger partial charge in [0, 0.05) is 28.1 Å². The van der Waals surface area contributed by atoms with E-state index in [9.17, 15) is 4.79 Å². The lowest BCUT2D eigenvalue weighted by Gasteiger charge is -2.19. The fraction of sp³-hybridized carbons (Fsp3) is 0.158. The van der Waals surface area contributed by atoms with E-state index in [-0.39, 0.29) is 5.78 Å². The second-order valence-corrected chi connectivity index (χ2v) is 6.43. The molecule has 1 aliphatic carbocycles. The van der Waals surface area contributed by atoms with Gasteiger partial charge < -0.3 is 0 Å². The summed E-state index contributed by atoms with van der Waals surface area (Å²) >= 11 is 0. The van der Waals surface area contributed by atoms with Crippen LogP contribution in [0.15, 0.2) is 36.4 Å². The Bertz CT molecular complexity index is 1300. The molecule has 5 aromatic rings. The summed E-state index contributed by atoms with van der Waals surface area (Å²) in [6.07, 6.45) is 2.34. The van der Waals surface area contributed by atoms with E-state index in [1.807, 2.05) is 34.8 Å². The van der Waals surface area contributed by atoms with E-state index >= 15 is 0 Å². The Morgan fingerprint density at radius 1 is 0.958 bits per heavy atom. The highest BCUT2D eigenvalue weighted by Crippen LogP contribution is 2.39. The number of benzene rings is 2. The molecule has 114 valence electrons. The minimum absolute atomic E-state index is 0.202. The molecule has 5 nitrogen and oxygen atoms in total. The van der Waals surface area contributed by atoms with Gasteiger partial charge in [-0.25, -0.2) is 4.52 Å². The molecule has 0 saturated carbocycles. The molecule has 3 heterocycles. The predicted octanol–water partition coefficient (Wildman–Crippen LogP) is 3.54. The molecular weight excluding hydrogens is 300 g/mol. The summed E-state index contributed by atoms with van der Waals surface area (Å²) < 4.78 is 1.88. The molecule has 0 fully saturated rings. The van der Waals surface area contributed by atoms with Crippen molar-refractivity contribution in [2.75, 3.05) is 0 Å². The van der Waals surface area contributed by atoms with Crippen LogP contribution in [0.5, 0.6) is 0 Å². The van der Waals surface area contributed by atoms with E-state index in [0.717, 1.165) is 62.3 Å². The van der Waals surface area contributed by atoms with Crippen molar-refractivity contribution >= 4 is 44.0 Å². The summed E-state index contributed by atoms with van der Waals surface area (Å²) in [5, 5.41) is 11.7. The van der Waals surface area contributed by atoms with Gasteiger partial charge in [-0.2, -0.15) is 0 Å². The van der Waals surface area contributed by atoms with Gasteiger partial charge >= 0.3 is 0 Å². The van der Waals surface area contributed by atoms with Gasteiger partial charge in [-0.1, -0.05) is 23.4 Å². The fourth-order valence-corrected chi connectivity index (χ4v) is 4.14. The molecule has 0 atom stereocenters. The van der Waals surface area contributed by atoms with Gasteiger partial charge in [-0.3, -0.25) is 9.78 Å². The van der Waals surface area contributed by atoms with Crippen molar-refractivity contribution in [2.24, 2.45) is 0 Å². The lowest BCUT2D eigenvalue weighted by Crippen LogP contribution is -2.14. The Balaban J connectivity index is 2.06. The van der Waals surface area contributed by atoms with Gasteiger partial charge in [-0.15, -0.1) is 5.10 Å². The molecule has 0 unspecified atom stereocenters. The van der Waals surface area contributed by atoms with Crippen LogP contribution in [0, 0.1) is 0 Å². The first-order valence-electron chi connectivity index (χ1n) is 8.17. The third-order valence-corrected chi connectivity index (χ3v) is 5.13. The van der Waals surface area contributed by atoms with Crippen LogP contribution in [-0.2, 0) is 6.42 Å². The van der Waals surface area contributed by atoms with Crippen molar-refractivity contribution < 1.29 is 4.79 Å². The number of rotatable bonds is 0. The Labute approximate surface area is 136 Å². The van der Waals surface area contributed by atoms with Crippen LogP contribution >= 0.6 is 0 Å². The number of pyridine rings is 2. The van der Waals surface area contributed by atoms with Crippen LogP contribution in [0.4, 0.5) is 0 Å². The smallest absolute Gasteiger partial charge is 0.165 e. The number of para-hydroxylation sites is 1. The first kappa shape index (κ1) is 12.4. The van der Waals surface area contributed by atoms with Crippen LogP contribution in [-0.4, -0.2) is 25.6 Å². The zero-order valence-corrected chi connectivity index (χ0v) is 12.8. The number of fused-ring (bicyclic) bond motifs is 5. The Hall–Kier alpha value is -3.08. The first-order chi connectivity index (χ1) is 11.8. The van der Waals surface area contributed by atoms with E-state index in [4.69, 9.17) is 4.98 Å². The van der Waals surface area contributed by atoms with Crippen molar-refractivity contribution in [2.45, 2.75) is 19.3 Å². The number of Topliss-reactive ketones (excluding diaryl/α,β-unsaturated/α-hetero) is 1. The summed E-state index contributed by atoms with van der Waals surface area (Å²) in [6, 6.07) is 12.1. The van der Waals surface area contributed by atoms with Gasteiger partial charge in [0.05, 0.1) is 16.7 Å². The molecule has 0 N–H and O–H groups in total. The maximum absolute atomic E-state index is 12.7. The molecule has 0 radical (unpaired) electrons. The van der Waals surface area contributed by atoms with E-state index < -0.39 is 0 Å². The summed E-state index contributed by atoms with van der Waals surface area (Å²) in [4.78, 5) is 17.6. The molecule has 0 saturated heterocycles. The number of hydrogen-bond acceptors (Lipinski definition) is 4. The average molecular weight is 312 g/mol. The van der Waals surface area contributed by atoms with Crippen LogP contribution in [0.1, 0.15) is 28.9 Å². The zero-order chi connectivity index (χ0) is 15.8. The second kappa shape index (κ2) is 4.06. The zero-order valence-electron chi connectivity index (χ0n) is 12.8. The molecule has 0 amide bonds. The number of ketones is 1. The monoisotopic (exact) mass is 312 g/mol. The van der Waals surface area contributed by atoms with Crippen molar-refractivity contribution in [1.29, 1.82) is 0 Å². The number of hydrogen-bond donors (Lipinski definition) is 0. The number of carbonyl (C=O) groups is 1. The molecule has 0 spiro atoms. The molecule has 2 aromatic carbocycles. The average Bonchev–Trinajstić information content (AvgIpc) is 3.05. The lowest BCUT2D eigenvalue weighted by molar-refractivity contribution is 0.0973. The van der Waals surface area contributed by atoms with Crippen molar-refractivity contribution in [1.82, 2.24) is 19.8 Å². The van der Waals surface area contributed by atoms with E-state index in [1.165, 1.54) is 0 Å². The number of aromatic nitrogens is 4. The predicted molar refractivity (Wildman–Crippen MR) is 91.8 cm³/mol. The highest BCUT2D eigenvalue weighted by molar-refractivity contribution is 6.27. The van der Waals surface area contributed by atoms with E-state index in [0.29, 0.717) is 6.42 Å². The van der Waals surface area contributed by atoms with Gasteiger partial charge in [0.15, 0.2) is 5.78 Å². The Kier molecular flexibility index (Phi) is 2.09. The largest absolute Gasteiger partial charge is 0.294 e. The molecule has 5 heteroatoms. The molecule has 0 aliphatic heterocycles. The highest BCUT2D eigenvalue weighted by Gasteiger charge is 2.26. The molecule has 6 rings (SSSR count). The summed E-state index contributed by atoms with van der Waals surface area (Å²) in [6.45, 7) is 0. The lowest BCUT2D eigenvalue weighted by atomic mass is 9.88. The van der Waals surface area contributed by atoms with Crippen LogP contribution in [0.2, 0.25) is 0 Å². The van der Waals surface area contributed by atoms with Crippen molar-refractivity contribution in [3.05, 3.63) is 47.7 Å². The normalized spacial score (nSPS) is 15.1. The highest BCUT2D eigenvalue weighted by atomic mass is 16.1. The minimum Gasteiger partial charge on any atom is -0.294 e. The van der Waals surface area contributed by atoms with Crippen molar-refractivity contribution in [3.8, 4) is 0 Å².